The Kier molecular flexibility index (Phi) is 3.06. The van der Waals surface area contributed by atoms with Crippen molar-refractivity contribution in [2.45, 2.75) is 37.6 Å². The van der Waals surface area contributed by atoms with E-state index >= 15 is 0 Å². The highest BCUT2D eigenvalue weighted by atomic mass is 19.1. The molecule has 0 bridgehead atoms. The van der Waals surface area contributed by atoms with Crippen LogP contribution in [0.25, 0.3) is 0 Å². The van der Waals surface area contributed by atoms with Gasteiger partial charge in [-0.05, 0) is 44.0 Å². The van der Waals surface area contributed by atoms with Crippen molar-refractivity contribution >= 4 is 0 Å². The Balaban J connectivity index is 2.09. The highest BCUT2D eigenvalue weighted by Gasteiger charge is 2.31. The summed E-state index contributed by atoms with van der Waals surface area (Å²) in [5, 5.41) is 3.45. The van der Waals surface area contributed by atoms with Gasteiger partial charge in [0.2, 0.25) is 0 Å². The molecule has 0 heterocycles. The fourth-order valence-electron chi connectivity index (χ4n) is 2.56. The molecule has 1 aliphatic carbocycles. The maximum Gasteiger partial charge on any atom is 0.123 e. The third-order valence-electron chi connectivity index (χ3n) is 3.55. The molecule has 0 aromatic heterocycles. The van der Waals surface area contributed by atoms with Gasteiger partial charge in [-0.3, -0.25) is 0 Å². The summed E-state index contributed by atoms with van der Waals surface area (Å²) in [7, 11) is 2.04. The molecule has 82 valence electrons. The van der Waals surface area contributed by atoms with E-state index < -0.39 is 0 Å². The van der Waals surface area contributed by atoms with E-state index in [2.05, 4.69) is 5.32 Å². The third-order valence-corrected chi connectivity index (χ3v) is 3.55. The molecule has 2 heteroatoms. The number of halogens is 1. The molecule has 0 saturated heterocycles. The fourth-order valence-corrected chi connectivity index (χ4v) is 2.56. The molecule has 1 aromatic rings. The Morgan fingerprint density at radius 1 is 1.20 bits per heavy atom. The number of likely N-dealkylation sites (N-methyl/N-ethyl adjacent to an activating group) is 1. The smallest absolute Gasteiger partial charge is 0.123 e. The Hall–Kier alpha value is -0.890. The third kappa shape index (κ3) is 2.37. The van der Waals surface area contributed by atoms with Crippen LogP contribution in [0.4, 0.5) is 4.39 Å². The molecular formula is C13H18FN. The summed E-state index contributed by atoms with van der Waals surface area (Å²) < 4.78 is 12.8. The topological polar surface area (TPSA) is 12.0 Å². The van der Waals surface area contributed by atoms with Crippen LogP contribution in [0.1, 0.15) is 31.2 Å². The van der Waals surface area contributed by atoms with Crippen LogP contribution in [0.2, 0.25) is 0 Å². The van der Waals surface area contributed by atoms with E-state index in [-0.39, 0.29) is 11.4 Å². The maximum absolute atomic E-state index is 12.8. The summed E-state index contributed by atoms with van der Waals surface area (Å²) >= 11 is 0. The van der Waals surface area contributed by atoms with Gasteiger partial charge >= 0.3 is 0 Å². The summed E-state index contributed by atoms with van der Waals surface area (Å²) in [6, 6.07) is 6.89. The monoisotopic (exact) mass is 207 g/mol. The zero-order valence-corrected chi connectivity index (χ0v) is 9.22. The van der Waals surface area contributed by atoms with Gasteiger partial charge in [0.05, 0.1) is 0 Å². The molecule has 1 aromatic carbocycles. The van der Waals surface area contributed by atoms with Gasteiger partial charge in [-0.15, -0.1) is 0 Å². The van der Waals surface area contributed by atoms with Crippen molar-refractivity contribution in [2.24, 2.45) is 0 Å². The van der Waals surface area contributed by atoms with Gasteiger partial charge in [-0.2, -0.15) is 0 Å². The number of benzene rings is 1. The Labute approximate surface area is 90.7 Å². The second-order valence-corrected chi connectivity index (χ2v) is 4.54. The van der Waals surface area contributed by atoms with Crippen LogP contribution in [0.5, 0.6) is 0 Å². The lowest BCUT2D eigenvalue weighted by Crippen LogP contribution is -2.42. The van der Waals surface area contributed by atoms with Crippen molar-refractivity contribution in [3.8, 4) is 0 Å². The molecule has 1 saturated carbocycles. The second kappa shape index (κ2) is 4.31. The molecule has 1 aliphatic rings. The lowest BCUT2D eigenvalue weighted by molar-refractivity contribution is 0.356. The molecule has 1 nitrogen and oxygen atoms in total. The van der Waals surface area contributed by atoms with Gasteiger partial charge in [0.15, 0.2) is 0 Å². The minimum atomic E-state index is -0.149. The average Bonchev–Trinajstić information content (AvgIpc) is 2.71. The highest BCUT2D eigenvalue weighted by molar-refractivity contribution is 5.19. The van der Waals surface area contributed by atoms with Crippen LogP contribution in [0, 0.1) is 5.82 Å². The molecule has 0 radical (unpaired) electrons. The first-order valence-corrected chi connectivity index (χ1v) is 5.67. The normalized spacial score (nSPS) is 19.3. The zero-order chi connectivity index (χ0) is 10.7. The van der Waals surface area contributed by atoms with Gasteiger partial charge in [-0.1, -0.05) is 25.0 Å². The van der Waals surface area contributed by atoms with Crippen LogP contribution in [0.3, 0.4) is 0 Å². The van der Waals surface area contributed by atoms with Crippen molar-refractivity contribution in [1.29, 1.82) is 0 Å². The van der Waals surface area contributed by atoms with Crippen molar-refractivity contribution in [1.82, 2.24) is 5.32 Å². The van der Waals surface area contributed by atoms with Crippen LogP contribution < -0.4 is 5.32 Å². The maximum atomic E-state index is 12.8. The number of nitrogens with one attached hydrogen (secondary N) is 1. The summed E-state index contributed by atoms with van der Waals surface area (Å²) in [5.41, 5.74) is 1.49. The minimum Gasteiger partial charge on any atom is -0.314 e. The molecule has 0 amide bonds. The largest absolute Gasteiger partial charge is 0.314 e. The molecule has 15 heavy (non-hydrogen) atoms. The van der Waals surface area contributed by atoms with Crippen LogP contribution in [0.15, 0.2) is 24.3 Å². The van der Waals surface area contributed by atoms with Gasteiger partial charge < -0.3 is 5.32 Å². The number of hydrogen-bond acceptors (Lipinski definition) is 1. The second-order valence-electron chi connectivity index (χ2n) is 4.54. The first-order chi connectivity index (χ1) is 7.24. The molecule has 1 fully saturated rings. The van der Waals surface area contributed by atoms with E-state index in [4.69, 9.17) is 0 Å². The summed E-state index contributed by atoms with van der Waals surface area (Å²) in [5.74, 6) is -0.149. The van der Waals surface area contributed by atoms with E-state index in [1.807, 2.05) is 19.2 Å². The molecule has 0 atom stereocenters. The predicted octanol–water partition coefficient (Wildman–Crippen LogP) is 2.90. The van der Waals surface area contributed by atoms with Crippen LogP contribution in [-0.4, -0.2) is 12.6 Å². The van der Waals surface area contributed by atoms with E-state index in [0.717, 1.165) is 6.42 Å². The SMILES string of the molecule is CNC1(Cc2ccc(F)cc2)CCCC1. The predicted molar refractivity (Wildman–Crippen MR) is 60.4 cm³/mol. The van der Waals surface area contributed by atoms with Gasteiger partial charge in [0.1, 0.15) is 5.82 Å². The standard InChI is InChI=1S/C13H18FN/c1-15-13(8-2-3-9-13)10-11-4-6-12(14)7-5-11/h4-7,15H,2-3,8-10H2,1H3. The van der Waals surface area contributed by atoms with Crippen molar-refractivity contribution in [3.63, 3.8) is 0 Å². The number of rotatable bonds is 3. The molecule has 0 spiro atoms. The average molecular weight is 207 g/mol. The quantitative estimate of drug-likeness (QED) is 0.803. The van der Waals surface area contributed by atoms with Crippen molar-refractivity contribution in [2.75, 3.05) is 7.05 Å². The minimum absolute atomic E-state index is 0.149. The number of hydrogen-bond donors (Lipinski definition) is 1. The van der Waals surface area contributed by atoms with Crippen LogP contribution in [-0.2, 0) is 6.42 Å². The lowest BCUT2D eigenvalue weighted by atomic mass is 9.89. The lowest BCUT2D eigenvalue weighted by Gasteiger charge is -2.28. The summed E-state index contributed by atoms with van der Waals surface area (Å²) in [6.07, 6.45) is 6.11. The Morgan fingerprint density at radius 2 is 1.80 bits per heavy atom. The van der Waals surface area contributed by atoms with E-state index in [1.165, 1.54) is 31.2 Å². The Morgan fingerprint density at radius 3 is 2.33 bits per heavy atom. The van der Waals surface area contributed by atoms with Crippen molar-refractivity contribution in [3.05, 3.63) is 35.6 Å². The van der Waals surface area contributed by atoms with E-state index in [1.54, 1.807) is 12.1 Å². The molecule has 0 aliphatic heterocycles. The van der Waals surface area contributed by atoms with Crippen LogP contribution >= 0.6 is 0 Å². The molecule has 2 rings (SSSR count). The highest BCUT2D eigenvalue weighted by Crippen LogP contribution is 2.32. The Bertz CT molecular complexity index is 312. The molecular weight excluding hydrogens is 189 g/mol. The van der Waals surface area contributed by atoms with Gasteiger partial charge in [0.25, 0.3) is 0 Å². The van der Waals surface area contributed by atoms with Gasteiger partial charge in [0, 0.05) is 5.54 Å². The first-order valence-electron chi connectivity index (χ1n) is 5.67. The zero-order valence-electron chi connectivity index (χ0n) is 9.22. The fraction of sp³-hybridized carbons (Fsp3) is 0.538. The van der Waals surface area contributed by atoms with Crippen molar-refractivity contribution < 1.29 is 4.39 Å². The molecule has 0 unspecified atom stereocenters. The van der Waals surface area contributed by atoms with E-state index in [9.17, 15) is 4.39 Å². The molecule has 1 N–H and O–H groups in total. The first kappa shape index (κ1) is 10.6. The summed E-state index contributed by atoms with van der Waals surface area (Å²) in [4.78, 5) is 0. The van der Waals surface area contributed by atoms with Gasteiger partial charge in [-0.25, -0.2) is 4.39 Å². The van der Waals surface area contributed by atoms with E-state index in [0.29, 0.717) is 0 Å². The summed E-state index contributed by atoms with van der Waals surface area (Å²) in [6.45, 7) is 0.